The van der Waals surface area contributed by atoms with Gasteiger partial charge in [-0.05, 0) is 24.2 Å². The highest BCUT2D eigenvalue weighted by Gasteiger charge is 2.29. The smallest absolute Gasteiger partial charge is 0.139 e. The standard InChI is InChI=1S/C14H15Cl2N3O/c1-19-6-9-7-3-11(20-2)12(15)13(16)14(7)18-5-8(9)10(19)4-17/h3,5,10H,4,6,17H2,1-2H3/t10-/m0/s1. The van der Waals surface area contributed by atoms with E-state index in [2.05, 4.69) is 16.9 Å². The summed E-state index contributed by atoms with van der Waals surface area (Å²) in [5, 5.41) is 1.81. The Balaban J connectivity index is 2.32. The second kappa shape index (κ2) is 5.04. The second-order valence-electron chi connectivity index (χ2n) is 4.96. The molecule has 0 fully saturated rings. The third kappa shape index (κ3) is 1.87. The normalized spacial score (nSPS) is 18.6. The van der Waals surface area contributed by atoms with Gasteiger partial charge in [0.05, 0.1) is 17.6 Å². The lowest BCUT2D eigenvalue weighted by Crippen LogP contribution is -2.23. The zero-order chi connectivity index (χ0) is 14.4. The van der Waals surface area contributed by atoms with E-state index in [4.69, 9.17) is 33.7 Å². The van der Waals surface area contributed by atoms with Crippen LogP contribution in [-0.2, 0) is 6.54 Å². The Kier molecular flexibility index (Phi) is 3.50. The van der Waals surface area contributed by atoms with Crippen LogP contribution in [0.2, 0.25) is 10.0 Å². The molecule has 20 heavy (non-hydrogen) atoms. The van der Waals surface area contributed by atoms with E-state index in [1.165, 1.54) is 5.56 Å². The Morgan fingerprint density at radius 2 is 2.20 bits per heavy atom. The third-order valence-electron chi connectivity index (χ3n) is 3.90. The van der Waals surface area contributed by atoms with Crippen molar-refractivity contribution < 1.29 is 4.74 Å². The number of benzene rings is 1. The van der Waals surface area contributed by atoms with Crippen molar-refractivity contribution in [2.24, 2.45) is 5.73 Å². The fourth-order valence-corrected chi connectivity index (χ4v) is 3.30. The summed E-state index contributed by atoms with van der Waals surface area (Å²) in [7, 11) is 3.63. The van der Waals surface area contributed by atoms with E-state index < -0.39 is 0 Å². The molecule has 1 atom stereocenters. The van der Waals surface area contributed by atoms with Crippen LogP contribution in [0.3, 0.4) is 0 Å². The van der Waals surface area contributed by atoms with Gasteiger partial charge in [0.1, 0.15) is 10.8 Å². The molecule has 0 aliphatic carbocycles. The average molecular weight is 312 g/mol. The number of halogens is 2. The molecule has 0 bridgehead atoms. The molecule has 1 aromatic carbocycles. The summed E-state index contributed by atoms with van der Waals surface area (Å²) < 4.78 is 5.29. The van der Waals surface area contributed by atoms with Gasteiger partial charge in [-0.1, -0.05) is 23.2 Å². The van der Waals surface area contributed by atoms with Crippen LogP contribution in [0.25, 0.3) is 10.9 Å². The lowest BCUT2D eigenvalue weighted by Gasteiger charge is -2.17. The number of fused-ring (bicyclic) bond motifs is 3. The lowest BCUT2D eigenvalue weighted by molar-refractivity contribution is 0.274. The molecule has 0 saturated heterocycles. The summed E-state index contributed by atoms with van der Waals surface area (Å²) in [4.78, 5) is 6.68. The molecule has 4 nitrogen and oxygen atoms in total. The molecular weight excluding hydrogens is 297 g/mol. The van der Waals surface area contributed by atoms with E-state index in [9.17, 15) is 0 Å². The van der Waals surface area contributed by atoms with Crippen LogP contribution in [0.5, 0.6) is 5.75 Å². The van der Waals surface area contributed by atoms with Crippen LogP contribution in [0, 0.1) is 0 Å². The van der Waals surface area contributed by atoms with E-state index in [-0.39, 0.29) is 6.04 Å². The molecule has 0 saturated carbocycles. The van der Waals surface area contributed by atoms with Gasteiger partial charge in [-0.2, -0.15) is 0 Å². The van der Waals surface area contributed by atoms with E-state index in [1.807, 2.05) is 12.3 Å². The van der Waals surface area contributed by atoms with Gasteiger partial charge < -0.3 is 10.5 Å². The van der Waals surface area contributed by atoms with Gasteiger partial charge in [0.2, 0.25) is 0 Å². The van der Waals surface area contributed by atoms with Gasteiger partial charge in [-0.3, -0.25) is 9.88 Å². The lowest BCUT2D eigenvalue weighted by atomic mass is 10.0. The van der Waals surface area contributed by atoms with Crippen LogP contribution in [0.15, 0.2) is 12.3 Å². The average Bonchev–Trinajstić information content (AvgIpc) is 2.78. The molecule has 106 valence electrons. The number of nitrogens with two attached hydrogens (primary N) is 1. The molecule has 1 aliphatic heterocycles. The first-order valence-corrected chi connectivity index (χ1v) is 7.07. The Morgan fingerprint density at radius 1 is 1.45 bits per heavy atom. The fraction of sp³-hybridized carbons (Fsp3) is 0.357. The largest absolute Gasteiger partial charge is 0.495 e. The minimum Gasteiger partial charge on any atom is -0.495 e. The molecule has 0 radical (unpaired) electrons. The Labute approximate surface area is 127 Å². The monoisotopic (exact) mass is 311 g/mol. The summed E-state index contributed by atoms with van der Waals surface area (Å²) in [6, 6.07) is 2.10. The third-order valence-corrected chi connectivity index (χ3v) is 4.74. The van der Waals surface area contributed by atoms with Crippen molar-refractivity contribution in [1.29, 1.82) is 0 Å². The number of hydrogen-bond acceptors (Lipinski definition) is 4. The number of ether oxygens (including phenoxy) is 1. The summed E-state index contributed by atoms with van der Waals surface area (Å²) in [6.45, 7) is 1.38. The Bertz CT molecular complexity index is 690. The maximum Gasteiger partial charge on any atom is 0.139 e. The van der Waals surface area contributed by atoms with Gasteiger partial charge in [0.15, 0.2) is 0 Å². The zero-order valence-electron chi connectivity index (χ0n) is 11.3. The van der Waals surface area contributed by atoms with E-state index >= 15 is 0 Å². The molecule has 2 aromatic rings. The van der Waals surface area contributed by atoms with Crippen LogP contribution >= 0.6 is 23.2 Å². The first kappa shape index (κ1) is 13.9. The topological polar surface area (TPSA) is 51.4 Å². The fourth-order valence-electron chi connectivity index (χ4n) is 2.83. The van der Waals surface area contributed by atoms with Crippen molar-refractivity contribution in [3.63, 3.8) is 0 Å². The molecule has 3 rings (SSSR count). The van der Waals surface area contributed by atoms with Crippen molar-refractivity contribution in [3.05, 3.63) is 33.4 Å². The van der Waals surface area contributed by atoms with Crippen molar-refractivity contribution in [2.75, 3.05) is 20.7 Å². The van der Waals surface area contributed by atoms with Gasteiger partial charge in [-0.25, -0.2) is 0 Å². The molecule has 1 aromatic heterocycles. The van der Waals surface area contributed by atoms with E-state index in [0.29, 0.717) is 27.9 Å². The first-order chi connectivity index (χ1) is 9.58. The second-order valence-corrected chi connectivity index (χ2v) is 5.72. The summed E-state index contributed by atoms with van der Waals surface area (Å²) in [5.74, 6) is 0.568. The van der Waals surface area contributed by atoms with Crippen LogP contribution in [0.4, 0.5) is 0 Å². The quantitative estimate of drug-likeness (QED) is 0.926. The minimum absolute atomic E-state index is 0.197. The van der Waals surface area contributed by atoms with Gasteiger partial charge in [0.25, 0.3) is 0 Å². The van der Waals surface area contributed by atoms with E-state index in [0.717, 1.165) is 17.5 Å². The number of pyridine rings is 1. The molecule has 6 heteroatoms. The highest BCUT2D eigenvalue weighted by molar-refractivity contribution is 6.46. The SMILES string of the molecule is COc1cc2c3c(cnc2c(Cl)c1Cl)[C@H](CN)N(C)C3. The molecular formula is C14H15Cl2N3O. The van der Waals surface area contributed by atoms with Crippen molar-refractivity contribution in [2.45, 2.75) is 12.6 Å². The van der Waals surface area contributed by atoms with E-state index in [1.54, 1.807) is 7.11 Å². The maximum absolute atomic E-state index is 6.31. The predicted octanol–water partition coefficient (Wildman–Crippen LogP) is 3.00. The Morgan fingerprint density at radius 3 is 2.85 bits per heavy atom. The number of hydrogen-bond donors (Lipinski definition) is 1. The minimum atomic E-state index is 0.197. The molecule has 0 unspecified atom stereocenters. The summed E-state index contributed by atoms with van der Waals surface area (Å²) >= 11 is 12.5. The Hall–Kier alpha value is -1.07. The molecule has 0 spiro atoms. The first-order valence-electron chi connectivity index (χ1n) is 6.32. The molecule has 1 aliphatic rings. The van der Waals surface area contributed by atoms with Crippen LogP contribution < -0.4 is 10.5 Å². The maximum atomic E-state index is 6.31. The zero-order valence-corrected chi connectivity index (χ0v) is 12.8. The van der Waals surface area contributed by atoms with Crippen molar-refractivity contribution >= 4 is 34.1 Å². The number of methoxy groups -OCH3 is 1. The number of aromatic nitrogens is 1. The van der Waals surface area contributed by atoms with Crippen molar-refractivity contribution in [1.82, 2.24) is 9.88 Å². The molecule has 2 N–H and O–H groups in total. The predicted molar refractivity (Wildman–Crippen MR) is 81.6 cm³/mol. The van der Waals surface area contributed by atoms with Crippen LogP contribution in [0.1, 0.15) is 17.2 Å². The number of nitrogens with zero attached hydrogens (tertiary/aromatic N) is 2. The number of likely N-dealkylation sites (N-methyl/N-ethyl adjacent to an activating group) is 1. The molecule has 0 amide bonds. The highest BCUT2D eigenvalue weighted by atomic mass is 35.5. The van der Waals surface area contributed by atoms with Gasteiger partial charge in [0, 0.05) is 30.7 Å². The molecule has 2 heterocycles. The van der Waals surface area contributed by atoms with Gasteiger partial charge >= 0.3 is 0 Å². The van der Waals surface area contributed by atoms with Crippen LogP contribution in [-0.4, -0.2) is 30.6 Å². The summed E-state index contributed by atoms with van der Waals surface area (Å²) in [6.07, 6.45) is 1.85. The highest BCUT2D eigenvalue weighted by Crippen LogP contribution is 2.42. The van der Waals surface area contributed by atoms with Gasteiger partial charge in [-0.15, -0.1) is 0 Å². The number of rotatable bonds is 2. The summed E-state index contributed by atoms with van der Waals surface area (Å²) in [5.41, 5.74) is 8.92. The van der Waals surface area contributed by atoms with Crippen molar-refractivity contribution in [3.8, 4) is 5.75 Å².